The van der Waals surface area contributed by atoms with Crippen LogP contribution < -0.4 is 27.2 Å². The Morgan fingerprint density at radius 3 is 2.37 bits per heavy atom. The monoisotopic (exact) mass is 379 g/mol. The molecule has 9 heteroatoms. The molecule has 0 atom stereocenters. The second kappa shape index (κ2) is 8.41. The van der Waals surface area contributed by atoms with E-state index in [1.54, 1.807) is 7.05 Å². The summed E-state index contributed by atoms with van der Waals surface area (Å²) in [6, 6.07) is -0.362. The summed E-state index contributed by atoms with van der Waals surface area (Å²) in [7, 11) is 1.63. The highest BCUT2D eigenvalue weighted by Gasteiger charge is 2.26. The Bertz CT molecular complexity index is 797. The minimum atomic E-state index is -0.508. The van der Waals surface area contributed by atoms with Crippen molar-refractivity contribution in [3.63, 3.8) is 0 Å². The van der Waals surface area contributed by atoms with Crippen molar-refractivity contribution in [2.45, 2.75) is 64.6 Å². The van der Waals surface area contributed by atoms with Gasteiger partial charge in [0.25, 0.3) is 5.56 Å². The van der Waals surface area contributed by atoms with Gasteiger partial charge in [0, 0.05) is 30.7 Å². The summed E-state index contributed by atoms with van der Waals surface area (Å²) in [5.41, 5.74) is -1.16. The average molecular weight is 379 g/mol. The molecule has 1 heterocycles. The number of urea groups is 1. The zero-order valence-corrected chi connectivity index (χ0v) is 16.3. The highest BCUT2D eigenvalue weighted by atomic mass is 16.2. The molecule has 27 heavy (non-hydrogen) atoms. The number of hydrogen-bond donors (Lipinski definition) is 4. The van der Waals surface area contributed by atoms with Gasteiger partial charge in [-0.3, -0.25) is 19.1 Å². The Morgan fingerprint density at radius 1 is 1.19 bits per heavy atom. The fourth-order valence-corrected chi connectivity index (χ4v) is 3.25. The minimum Gasteiger partial charge on any atom is -0.359 e. The van der Waals surface area contributed by atoms with E-state index in [2.05, 4.69) is 20.9 Å². The zero-order valence-electron chi connectivity index (χ0n) is 16.3. The summed E-state index contributed by atoms with van der Waals surface area (Å²) in [5.74, 6) is 0.0548. The highest BCUT2D eigenvalue weighted by molar-refractivity contribution is 5.78. The van der Waals surface area contributed by atoms with Crippen LogP contribution in [-0.4, -0.2) is 34.6 Å². The maximum absolute atomic E-state index is 12.1. The van der Waals surface area contributed by atoms with Crippen molar-refractivity contribution in [1.82, 2.24) is 25.5 Å². The Labute approximate surface area is 157 Å². The van der Waals surface area contributed by atoms with Crippen molar-refractivity contribution in [3.8, 4) is 0 Å². The van der Waals surface area contributed by atoms with Crippen LogP contribution in [0.15, 0.2) is 15.8 Å². The first-order valence-corrected chi connectivity index (χ1v) is 9.23. The lowest BCUT2D eigenvalue weighted by Gasteiger charge is -2.28. The molecular weight excluding hydrogens is 350 g/mol. The van der Waals surface area contributed by atoms with Crippen LogP contribution in [0.5, 0.6) is 0 Å². The second-order valence-corrected chi connectivity index (χ2v) is 7.94. The molecule has 2 rings (SSSR count). The van der Waals surface area contributed by atoms with Crippen LogP contribution in [0.4, 0.5) is 4.79 Å². The van der Waals surface area contributed by atoms with Crippen molar-refractivity contribution in [2.75, 3.05) is 7.05 Å². The van der Waals surface area contributed by atoms with Crippen LogP contribution in [0.3, 0.4) is 0 Å². The van der Waals surface area contributed by atoms with Crippen LogP contribution in [0.1, 0.15) is 52.0 Å². The number of carbonyl (C=O) groups excluding carboxylic acids is 2. The summed E-state index contributed by atoms with van der Waals surface area (Å²) < 4.78 is 1.43. The predicted molar refractivity (Wildman–Crippen MR) is 102 cm³/mol. The fourth-order valence-electron chi connectivity index (χ4n) is 3.25. The number of aromatic amines is 1. The molecule has 4 N–H and O–H groups in total. The highest BCUT2D eigenvalue weighted by Crippen LogP contribution is 2.24. The van der Waals surface area contributed by atoms with Gasteiger partial charge in [-0.15, -0.1) is 0 Å². The van der Waals surface area contributed by atoms with Crippen molar-refractivity contribution in [2.24, 2.45) is 5.92 Å². The normalized spacial score (nSPS) is 20.0. The van der Waals surface area contributed by atoms with Crippen LogP contribution in [0, 0.1) is 5.92 Å². The molecule has 9 nitrogen and oxygen atoms in total. The minimum absolute atomic E-state index is 0.00715. The average Bonchev–Trinajstić information content (AvgIpc) is 2.59. The Kier molecular flexibility index (Phi) is 6.45. The van der Waals surface area contributed by atoms with E-state index < -0.39 is 16.8 Å². The third-order valence-corrected chi connectivity index (χ3v) is 4.86. The van der Waals surface area contributed by atoms with E-state index in [1.165, 1.54) is 10.8 Å². The molecule has 0 spiro atoms. The smallest absolute Gasteiger partial charge is 0.328 e. The van der Waals surface area contributed by atoms with E-state index in [0.717, 1.165) is 25.7 Å². The molecule has 1 saturated carbocycles. The summed E-state index contributed by atoms with van der Waals surface area (Å²) in [5, 5.41) is 8.20. The Balaban J connectivity index is 1.90. The van der Waals surface area contributed by atoms with Gasteiger partial charge in [-0.05, 0) is 46.5 Å². The van der Waals surface area contributed by atoms with E-state index in [0.29, 0.717) is 5.56 Å². The lowest BCUT2D eigenvalue weighted by atomic mass is 9.85. The van der Waals surface area contributed by atoms with Gasteiger partial charge in [-0.2, -0.15) is 0 Å². The van der Waals surface area contributed by atoms with E-state index in [-0.39, 0.29) is 30.4 Å². The van der Waals surface area contributed by atoms with E-state index in [4.69, 9.17) is 0 Å². The molecule has 0 aromatic carbocycles. The van der Waals surface area contributed by atoms with Gasteiger partial charge in [0.1, 0.15) is 0 Å². The number of nitrogens with one attached hydrogen (secondary N) is 4. The van der Waals surface area contributed by atoms with Crippen LogP contribution in [0.2, 0.25) is 0 Å². The third kappa shape index (κ3) is 5.45. The summed E-state index contributed by atoms with van der Waals surface area (Å²) >= 11 is 0. The molecule has 0 unspecified atom stereocenters. The topological polar surface area (TPSA) is 125 Å². The predicted octanol–water partition coefficient (Wildman–Crippen LogP) is 0.396. The first kappa shape index (κ1) is 20.7. The Hall–Kier alpha value is -2.58. The van der Waals surface area contributed by atoms with Gasteiger partial charge in [0.05, 0.1) is 12.1 Å². The maximum Gasteiger partial charge on any atom is 0.328 e. The lowest BCUT2D eigenvalue weighted by molar-refractivity contribution is -0.125. The molecule has 3 amide bonds. The van der Waals surface area contributed by atoms with Crippen LogP contribution >= 0.6 is 0 Å². The largest absolute Gasteiger partial charge is 0.359 e. The lowest BCUT2D eigenvalue weighted by Crippen LogP contribution is -2.45. The molecule has 0 bridgehead atoms. The summed E-state index contributed by atoms with van der Waals surface area (Å²) in [4.78, 5) is 49.9. The quantitative estimate of drug-likeness (QED) is 0.604. The van der Waals surface area contributed by atoms with Gasteiger partial charge in [-0.1, -0.05) is 0 Å². The zero-order chi connectivity index (χ0) is 20.2. The maximum atomic E-state index is 12.1. The summed E-state index contributed by atoms with van der Waals surface area (Å²) in [6.45, 7) is 5.58. The standard InChI is InChI=1S/C18H29N5O4/c1-18(2,3)23-10-12(15(25)22-17(23)27)9-20-16(26)21-13-7-5-11(6-8-13)14(24)19-4/h10-11,13H,5-9H2,1-4H3,(H,19,24)(H2,20,21,26)(H,22,25,27). The number of amides is 3. The molecule has 1 aliphatic carbocycles. The van der Waals surface area contributed by atoms with Gasteiger partial charge in [0.2, 0.25) is 5.91 Å². The molecule has 1 fully saturated rings. The third-order valence-electron chi connectivity index (χ3n) is 4.86. The van der Waals surface area contributed by atoms with Gasteiger partial charge >= 0.3 is 11.7 Å². The molecule has 0 saturated heterocycles. The molecule has 1 aliphatic rings. The fraction of sp³-hybridized carbons (Fsp3) is 0.667. The second-order valence-electron chi connectivity index (χ2n) is 7.94. The van der Waals surface area contributed by atoms with E-state index >= 15 is 0 Å². The first-order chi connectivity index (χ1) is 12.6. The van der Waals surface area contributed by atoms with Crippen molar-refractivity contribution >= 4 is 11.9 Å². The van der Waals surface area contributed by atoms with E-state index in [1.807, 2.05) is 20.8 Å². The summed E-state index contributed by atoms with van der Waals surface area (Å²) in [6.07, 6.45) is 4.43. The van der Waals surface area contributed by atoms with Crippen molar-refractivity contribution < 1.29 is 9.59 Å². The number of nitrogens with zero attached hydrogens (tertiary/aromatic N) is 1. The molecule has 1 aromatic rings. The van der Waals surface area contributed by atoms with Crippen LogP contribution in [0.25, 0.3) is 0 Å². The number of hydrogen-bond acceptors (Lipinski definition) is 4. The number of H-pyrrole nitrogens is 1. The molecule has 0 aliphatic heterocycles. The molecule has 150 valence electrons. The number of aromatic nitrogens is 2. The Morgan fingerprint density at radius 2 is 1.81 bits per heavy atom. The van der Waals surface area contributed by atoms with Gasteiger partial charge < -0.3 is 16.0 Å². The molecular formula is C18H29N5O4. The van der Waals surface area contributed by atoms with Gasteiger partial charge in [-0.25, -0.2) is 9.59 Å². The first-order valence-electron chi connectivity index (χ1n) is 9.23. The van der Waals surface area contributed by atoms with Gasteiger partial charge in [0.15, 0.2) is 0 Å². The van der Waals surface area contributed by atoms with E-state index in [9.17, 15) is 19.2 Å². The van der Waals surface area contributed by atoms with Crippen molar-refractivity contribution in [1.29, 1.82) is 0 Å². The molecule has 0 radical (unpaired) electrons. The molecule has 1 aromatic heterocycles. The SMILES string of the molecule is CNC(=O)C1CCC(NC(=O)NCc2cn(C(C)(C)C)c(=O)[nH]c2=O)CC1. The van der Waals surface area contributed by atoms with Crippen molar-refractivity contribution in [3.05, 3.63) is 32.6 Å². The number of rotatable bonds is 4. The van der Waals surface area contributed by atoms with Crippen LogP contribution in [-0.2, 0) is 16.9 Å². The number of carbonyl (C=O) groups is 2.